The number of carbonyl (C=O) groups excluding carboxylic acids is 2. The highest BCUT2D eigenvalue weighted by atomic mass is 32.2. The highest BCUT2D eigenvalue weighted by Gasteiger charge is 2.15. The van der Waals surface area contributed by atoms with Crippen LogP contribution in [0, 0.1) is 5.82 Å². The first-order valence-corrected chi connectivity index (χ1v) is 8.40. The SMILES string of the molecule is COC(=O)c1cccc(CSC(C)C(=O)Nc2ccccc2F)c1. The highest BCUT2D eigenvalue weighted by Crippen LogP contribution is 2.21. The van der Waals surface area contributed by atoms with Gasteiger partial charge in [-0.15, -0.1) is 11.8 Å². The molecule has 0 saturated heterocycles. The Morgan fingerprint density at radius 3 is 2.67 bits per heavy atom. The predicted octanol–water partition coefficient (Wildman–Crippen LogP) is 3.87. The molecule has 2 aromatic carbocycles. The van der Waals surface area contributed by atoms with Crippen molar-refractivity contribution in [2.75, 3.05) is 12.4 Å². The van der Waals surface area contributed by atoms with E-state index < -0.39 is 11.8 Å². The van der Waals surface area contributed by atoms with Crippen LogP contribution in [0.4, 0.5) is 10.1 Å². The third kappa shape index (κ3) is 4.83. The molecule has 0 radical (unpaired) electrons. The minimum absolute atomic E-state index is 0.169. The molecule has 1 atom stereocenters. The number of ether oxygens (including phenoxy) is 1. The van der Waals surface area contributed by atoms with Gasteiger partial charge >= 0.3 is 5.97 Å². The molecule has 1 unspecified atom stereocenters. The molecular weight excluding hydrogens is 329 g/mol. The quantitative estimate of drug-likeness (QED) is 0.806. The second kappa shape index (κ2) is 8.49. The number of nitrogens with one attached hydrogen (secondary N) is 1. The van der Waals surface area contributed by atoms with E-state index in [-0.39, 0.29) is 16.8 Å². The van der Waals surface area contributed by atoms with Crippen LogP contribution in [-0.4, -0.2) is 24.2 Å². The Morgan fingerprint density at radius 2 is 1.96 bits per heavy atom. The summed E-state index contributed by atoms with van der Waals surface area (Å²) in [6.45, 7) is 1.75. The van der Waals surface area contributed by atoms with E-state index >= 15 is 0 Å². The van der Waals surface area contributed by atoms with Crippen LogP contribution in [0.15, 0.2) is 48.5 Å². The second-order valence-corrected chi connectivity index (χ2v) is 6.44. The lowest BCUT2D eigenvalue weighted by atomic mass is 10.1. The van der Waals surface area contributed by atoms with E-state index in [4.69, 9.17) is 0 Å². The molecule has 6 heteroatoms. The Balaban J connectivity index is 1.93. The lowest BCUT2D eigenvalue weighted by Gasteiger charge is -2.13. The molecule has 2 rings (SSSR count). The van der Waals surface area contributed by atoms with E-state index in [1.54, 1.807) is 37.3 Å². The summed E-state index contributed by atoms with van der Waals surface area (Å²) in [5.74, 6) is -0.577. The number of para-hydroxylation sites is 1. The summed E-state index contributed by atoms with van der Waals surface area (Å²) in [5.41, 5.74) is 1.55. The van der Waals surface area contributed by atoms with Gasteiger partial charge in [0.1, 0.15) is 5.82 Å². The van der Waals surface area contributed by atoms with Crippen LogP contribution in [0.5, 0.6) is 0 Å². The van der Waals surface area contributed by atoms with Crippen LogP contribution >= 0.6 is 11.8 Å². The number of hydrogen-bond donors (Lipinski definition) is 1. The molecule has 2 aromatic rings. The van der Waals surface area contributed by atoms with E-state index in [0.29, 0.717) is 11.3 Å². The van der Waals surface area contributed by atoms with Crippen molar-refractivity contribution >= 4 is 29.3 Å². The van der Waals surface area contributed by atoms with Gasteiger partial charge in [-0.2, -0.15) is 0 Å². The van der Waals surface area contributed by atoms with Crippen molar-refractivity contribution in [1.29, 1.82) is 0 Å². The molecule has 0 bridgehead atoms. The maximum Gasteiger partial charge on any atom is 0.337 e. The minimum atomic E-state index is -0.464. The first kappa shape index (κ1) is 18.0. The zero-order chi connectivity index (χ0) is 17.5. The van der Waals surface area contributed by atoms with Crippen molar-refractivity contribution in [3.63, 3.8) is 0 Å². The molecule has 0 aliphatic carbocycles. The van der Waals surface area contributed by atoms with E-state index in [1.165, 1.54) is 31.0 Å². The zero-order valence-corrected chi connectivity index (χ0v) is 14.2. The van der Waals surface area contributed by atoms with E-state index in [9.17, 15) is 14.0 Å². The molecular formula is C18H18FNO3S. The number of methoxy groups -OCH3 is 1. The summed E-state index contributed by atoms with van der Waals surface area (Å²) < 4.78 is 18.2. The maximum atomic E-state index is 13.6. The van der Waals surface area contributed by atoms with Crippen molar-refractivity contribution in [1.82, 2.24) is 0 Å². The standard InChI is InChI=1S/C18H18FNO3S/c1-12(17(21)20-16-9-4-3-8-15(16)19)24-11-13-6-5-7-14(10-13)18(22)23-2/h3-10,12H,11H2,1-2H3,(H,20,21). The zero-order valence-electron chi connectivity index (χ0n) is 13.4. The normalized spacial score (nSPS) is 11.6. The molecule has 0 saturated carbocycles. The van der Waals surface area contributed by atoms with Crippen LogP contribution in [0.2, 0.25) is 0 Å². The topological polar surface area (TPSA) is 55.4 Å². The van der Waals surface area contributed by atoms with Crippen LogP contribution in [-0.2, 0) is 15.3 Å². The molecule has 24 heavy (non-hydrogen) atoms. The Hall–Kier alpha value is -2.34. The van der Waals surface area contributed by atoms with Crippen LogP contribution in [0.1, 0.15) is 22.8 Å². The molecule has 0 aliphatic heterocycles. The van der Waals surface area contributed by atoms with Crippen LogP contribution < -0.4 is 5.32 Å². The van der Waals surface area contributed by atoms with Gasteiger partial charge in [-0.05, 0) is 36.8 Å². The summed E-state index contributed by atoms with van der Waals surface area (Å²) in [7, 11) is 1.33. The summed E-state index contributed by atoms with van der Waals surface area (Å²) in [5, 5.41) is 2.21. The van der Waals surface area contributed by atoms with Crippen molar-refractivity contribution in [3.05, 3.63) is 65.5 Å². The number of carbonyl (C=O) groups is 2. The van der Waals surface area contributed by atoms with Gasteiger partial charge in [-0.25, -0.2) is 9.18 Å². The Morgan fingerprint density at radius 1 is 1.21 bits per heavy atom. The average Bonchev–Trinajstić information content (AvgIpc) is 2.61. The van der Waals surface area contributed by atoms with Crippen molar-refractivity contribution in [2.45, 2.75) is 17.9 Å². The fraction of sp³-hybridized carbons (Fsp3) is 0.222. The summed E-state index contributed by atoms with van der Waals surface area (Å²) in [6.07, 6.45) is 0. The molecule has 4 nitrogen and oxygen atoms in total. The first-order chi connectivity index (χ1) is 11.5. The van der Waals surface area contributed by atoms with E-state index in [0.717, 1.165) is 5.56 Å². The van der Waals surface area contributed by atoms with Gasteiger partial charge in [0.2, 0.25) is 5.91 Å². The first-order valence-electron chi connectivity index (χ1n) is 7.35. The van der Waals surface area contributed by atoms with Gasteiger partial charge in [-0.1, -0.05) is 24.3 Å². The molecule has 0 heterocycles. The van der Waals surface area contributed by atoms with Gasteiger partial charge in [0, 0.05) is 5.75 Å². The van der Waals surface area contributed by atoms with Crippen molar-refractivity contribution < 1.29 is 18.7 Å². The molecule has 0 spiro atoms. The molecule has 126 valence electrons. The Kier molecular flexibility index (Phi) is 6.37. The number of hydrogen-bond acceptors (Lipinski definition) is 4. The van der Waals surface area contributed by atoms with Gasteiger partial charge in [0.05, 0.1) is 23.6 Å². The van der Waals surface area contributed by atoms with E-state index in [1.807, 2.05) is 6.07 Å². The van der Waals surface area contributed by atoms with Crippen molar-refractivity contribution in [3.8, 4) is 0 Å². The second-order valence-electron chi connectivity index (χ2n) is 5.11. The third-order valence-electron chi connectivity index (χ3n) is 3.35. The number of amides is 1. The van der Waals surface area contributed by atoms with Crippen molar-refractivity contribution in [2.24, 2.45) is 0 Å². The lowest BCUT2D eigenvalue weighted by Crippen LogP contribution is -2.23. The Labute approximate surface area is 144 Å². The largest absolute Gasteiger partial charge is 0.465 e. The Bertz CT molecular complexity index is 736. The summed E-state index contributed by atoms with van der Waals surface area (Å²) in [4.78, 5) is 23.7. The van der Waals surface area contributed by atoms with Gasteiger partial charge in [-0.3, -0.25) is 4.79 Å². The average molecular weight is 347 g/mol. The smallest absolute Gasteiger partial charge is 0.337 e. The fourth-order valence-electron chi connectivity index (χ4n) is 2.00. The molecule has 1 N–H and O–H groups in total. The van der Waals surface area contributed by atoms with Gasteiger partial charge in [0.25, 0.3) is 0 Å². The van der Waals surface area contributed by atoms with Crippen LogP contribution in [0.3, 0.4) is 0 Å². The van der Waals surface area contributed by atoms with Crippen LogP contribution in [0.25, 0.3) is 0 Å². The predicted molar refractivity (Wildman–Crippen MR) is 93.6 cm³/mol. The molecule has 0 aromatic heterocycles. The van der Waals surface area contributed by atoms with Gasteiger partial charge < -0.3 is 10.1 Å². The highest BCUT2D eigenvalue weighted by molar-refractivity contribution is 7.99. The number of esters is 1. The number of anilines is 1. The number of halogens is 1. The number of benzene rings is 2. The van der Waals surface area contributed by atoms with E-state index in [2.05, 4.69) is 10.1 Å². The number of rotatable bonds is 6. The maximum absolute atomic E-state index is 13.6. The summed E-state index contributed by atoms with van der Waals surface area (Å²) in [6, 6.07) is 13.1. The molecule has 0 fully saturated rings. The number of thioether (sulfide) groups is 1. The third-order valence-corrected chi connectivity index (χ3v) is 4.56. The lowest BCUT2D eigenvalue weighted by molar-refractivity contribution is -0.115. The fourth-order valence-corrected chi connectivity index (χ4v) is 2.83. The van der Waals surface area contributed by atoms with Gasteiger partial charge in [0.15, 0.2) is 0 Å². The monoisotopic (exact) mass is 347 g/mol. The summed E-state index contributed by atoms with van der Waals surface area (Å²) >= 11 is 1.40. The molecule has 1 amide bonds. The minimum Gasteiger partial charge on any atom is -0.465 e. The molecule has 0 aliphatic rings.